The number of nitrogen functional groups attached to an aromatic ring is 1. The van der Waals surface area contributed by atoms with E-state index in [-0.39, 0.29) is 12.1 Å². The van der Waals surface area contributed by atoms with Crippen LogP contribution in [-0.4, -0.2) is 47.3 Å². The summed E-state index contributed by atoms with van der Waals surface area (Å²) in [6, 6.07) is 0. The highest BCUT2D eigenvalue weighted by Crippen LogP contribution is 2.11. The zero-order chi connectivity index (χ0) is 15.7. The van der Waals surface area contributed by atoms with E-state index < -0.39 is 0 Å². The first-order chi connectivity index (χ1) is 10.1. The molecule has 21 heavy (non-hydrogen) atoms. The van der Waals surface area contributed by atoms with Crippen molar-refractivity contribution in [2.75, 3.05) is 42.2 Å². The molecule has 0 aliphatic rings. The largest absolute Gasteiger partial charge is 0.379 e. The molecule has 7 heteroatoms. The topological polar surface area (TPSA) is 89.2 Å². The Morgan fingerprint density at radius 3 is 2.48 bits per heavy atom. The van der Waals surface area contributed by atoms with Gasteiger partial charge in [0.05, 0.1) is 6.10 Å². The molecule has 0 atom stereocenters. The van der Waals surface area contributed by atoms with Gasteiger partial charge in [-0.25, -0.2) is 0 Å². The van der Waals surface area contributed by atoms with Crippen LogP contribution in [0.4, 0.5) is 17.8 Å². The summed E-state index contributed by atoms with van der Waals surface area (Å²) < 4.78 is 5.50. The van der Waals surface area contributed by atoms with Crippen LogP contribution >= 0.6 is 0 Å². The first kappa shape index (κ1) is 17.4. The molecule has 0 unspecified atom stereocenters. The standard InChI is InChI=1S/C14H28N6O/c1-5-20(6-2)14-18-12(15)17-13(19-14)16-9-7-8-10-21-11(3)4/h11H,5-10H2,1-4H3,(H3,15,16,17,18,19). The van der Waals surface area contributed by atoms with Crippen LogP contribution in [0.2, 0.25) is 0 Å². The minimum atomic E-state index is 0.248. The second-order valence-corrected chi connectivity index (χ2v) is 5.04. The summed E-state index contributed by atoms with van der Waals surface area (Å²) in [6.45, 7) is 11.5. The normalized spacial score (nSPS) is 10.9. The molecule has 7 nitrogen and oxygen atoms in total. The van der Waals surface area contributed by atoms with Gasteiger partial charge in [-0.3, -0.25) is 0 Å². The van der Waals surface area contributed by atoms with Gasteiger partial charge in [0.15, 0.2) is 0 Å². The van der Waals surface area contributed by atoms with Crippen LogP contribution in [0.1, 0.15) is 40.5 Å². The van der Waals surface area contributed by atoms with Gasteiger partial charge in [0.2, 0.25) is 17.8 Å². The Balaban J connectivity index is 2.44. The van der Waals surface area contributed by atoms with E-state index >= 15 is 0 Å². The Kier molecular flexibility index (Phi) is 7.74. The van der Waals surface area contributed by atoms with Gasteiger partial charge in [-0.15, -0.1) is 0 Å². The third-order valence-corrected chi connectivity index (χ3v) is 2.99. The molecular weight excluding hydrogens is 268 g/mol. The van der Waals surface area contributed by atoms with E-state index in [1.54, 1.807) is 0 Å². The van der Waals surface area contributed by atoms with Crippen LogP contribution < -0.4 is 16.0 Å². The highest BCUT2D eigenvalue weighted by molar-refractivity contribution is 5.41. The molecule has 0 saturated heterocycles. The predicted octanol–water partition coefficient (Wildman–Crippen LogP) is 1.92. The Morgan fingerprint density at radius 1 is 1.14 bits per heavy atom. The average Bonchev–Trinajstić information content (AvgIpc) is 2.43. The highest BCUT2D eigenvalue weighted by Gasteiger charge is 2.09. The number of nitrogens with one attached hydrogen (secondary N) is 1. The van der Waals surface area contributed by atoms with E-state index in [9.17, 15) is 0 Å². The summed E-state index contributed by atoms with van der Waals surface area (Å²) >= 11 is 0. The lowest BCUT2D eigenvalue weighted by atomic mass is 10.3. The van der Waals surface area contributed by atoms with Crippen molar-refractivity contribution in [2.45, 2.75) is 46.6 Å². The molecule has 0 bridgehead atoms. The molecule has 0 aliphatic carbocycles. The molecule has 3 N–H and O–H groups in total. The minimum Gasteiger partial charge on any atom is -0.379 e. The number of unbranched alkanes of at least 4 members (excludes halogenated alkanes) is 1. The molecule has 1 aromatic heterocycles. The number of nitrogens with two attached hydrogens (primary N) is 1. The maximum Gasteiger partial charge on any atom is 0.231 e. The van der Waals surface area contributed by atoms with Crippen molar-refractivity contribution in [2.24, 2.45) is 0 Å². The van der Waals surface area contributed by atoms with Gasteiger partial charge in [-0.1, -0.05) is 0 Å². The van der Waals surface area contributed by atoms with Crippen LogP contribution in [0.5, 0.6) is 0 Å². The molecule has 120 valence electrons. The Morgan fingerprint density at radius 2 is 1.86 bits per heavy atom. The van der Waals surface area contributed by atoms with Gasteiger partial charge < -0.3 is 20.7 Å². The van der Waals surface area contributed by atoms with E-state index in [1.165, 1.54) is 0 Å². The number of anilines is 3. The smallest absolute Gasteiger partial charge is 0.231 e. The Hall–Kier alpha value is -1.63. The molecule has 0 aromatic carbocycles. The lowest BCUT2D eigenvalue weighted by molar-refractivity contribution is 0.0765. The van der Waals surface area contributed by atoms with E-state index in [1.807, 2.05) is 18.7 Å². The number of ether oxygens (including phenoxy) is 1. The van der Waals surface area contributed by atoms with Crippen molar-refractivity contribution in [3.05, 3.63) is 0 Å². The fraction of sp³-hybridized carbons (Fsp3) is 0.786. The number of hydrogen-bond acceptors (Lipinski definition) is 7. The number of aromatic nitrogens is 3. The average molecular weight is 296 g/mol. The molecule has 1 rings (SSSR count). The number of nitrogens with zero attached hydrogens (tertiary/aromatic N) is 4. The third kappa shape index (κ3) is 6.57. The first-order valence-electron chi connectivity index (χ1n) is 7.68. The van der Waals surface area contributed by atoms with Gasteiger partial charge in [0, 0.05) is 26.2 Å². The van der Waals surface area contributed by atoms with E-state index in [4.69, 9.17) is 10.5 Å². The summed E-state index contributed by atoms with van der Waals surface area (Å²) in [5.41, 5.74) is 5.74. The molecule has 0 fully saturated rings. The molecule has 0 amide bonds. The molecule has 1 aromatic rings. The van der Waals surface area contributed by atoms with Gasteiger partial charge in [0.25, 0.3) is 0 Å². The van der Waals surface area contributed by atoms with Gasteiger partial charge in [-0.05, 0) is 40.5 Å². The van der Waals surface area contributed by atoms with E-state index in [0.29, 0.717) is 11.9 Å². The van der Waals surface area contributed by atoms with Gasteiger partial charge >= 0.3 is 0 Å². The summed E-state index contributed by atoms with van der Waals surface area (Å²) in [6.07, 6.45) is 2.30. The van der Waals surface area contributed by atoms with E-state index in [0.717, 1.165) is 39.1 Å². The van der Waals surface area contributed by atoms with Crippen LogP contribution in [-0.2, 0) is 4.74 Å². The second kappa shape index (κ2) is 9.33. The van der Waals surface area contributed by atoms with Crippen molar-refractivity contribution in [3.8, 4) is 0 Å². The van der Waals surface area contributed by atoms with Crippen LogP contribution in [0.3, 0.4) is 0 Å². The molecule has 0 radical (unpaired) electrons. The predicted molar refractivity (Wildman–Crippen MR) is 86.6 cm³/mol. The summed E-state index contributed by atoms with van der Waals surface area (Å²) in [7, 11) is 0. The van der Waals surface area contributed by atoms with Crippen molar-refractivity contribution in [3.63, 3.8) is 0 Å². The fourth-order valence-electron chi connectivity index (χ4n) is 1.85. The molecule has 1 heterocycles. The maximum atomic E-state index is 5.74. The third-order valence-electron chi connectivity index (χ3n) is 2.99. The van der Waals surface area contributed by atoms with Crippen molar-refractivity contribution in [1.29, 1.82) is 0 Å². The van der Waals surface area contributed by atoms with Crippen LogP contribution in [0, 0.1) is 0 Å². The van der Waals surface area contributed by atoms with Crippen molar-refractivity contribution >= 4 is 17.8 Å². The Labute approximate surface area is 127 Å². The minimum absolute atomic E-state index is 0.248. The lowest BCUT2D eigenvalue weighted by Crippen LogP contribution is -2.25. The van der Waals surface area contributed by atoms with Crippen LogP contribution in [0.15, 0.2) is 0 Å². The zero-order valence-electron chi connectivity index (χ0n) is 13.6. The first-order valence-corrected chi connectivity index (χ1v) is 7.68. The quantitative estimate of drug-likeness (QED) is 0.637. The molecule has 0 spiro atoms. The number of hydrogen-bond donors (Lipinski definition) is 2. The highest BCUT2D eigenvalue weighted by atomic mass is 16.5. The van der Waals surface area contributed by atoms with Gasteiger partial charge in [0.1, 0.15) is 0 Å². The molecule has 0 aliphatic heterocycles. The molecular formula is C14H28N6O. The fourth-order valence-corrected chi connectivity index (χ4v) is 1.85. The molecule has 0 saturated carbocycles. The monoisotopic (exact) mass is 296 g/mol. The van der Waals surface area contributed by atoms with Crippen LogP contribution in [0.25, 0.3) is 0 Å². The zero-order valence-corrected chi connectivity index (χ0v) is 13.6. The Bertz CT molecular complexity index is 408. The second-order valence-electron chi connectivity index (χ2n) is 5.04. The summed E-state index contributed by atoms with van der Waals surface area (Å²) in [4.78, 5) is 14.7. The SMILES string of the molecule is CCN(CC)c1nc(N)nc(NCCCCOC(C)C)n1. The summed E-state index contributed by atoms with van der Waals surface area (Å²) in [5.74, 6) is 1.41. The van der Waals surface area contributed by atoms with Crippen molar-refractivity contribution in [1.82, 2.24) is 15.0 Å². The van der Waals surface area contributed by atoms with Crippen molar-refractivity contribution < 1.29 is 4.74 Å². The van der Waals surface area contributed by atoms with E-state index in [2.05, 4.69) is 34.1 Å². The number of rotatable bonds is 10. The van der Waals surface area contributed by atoms with Gasteiger partial charge in [-0.2, -0.15) is 15.0 Å². The lowest BCUT2D eigenvalue weighted by Gasteiger charge is -2.19. The maximum absolute atomic E-state index is 5.74. The summed E-state index contributed by atoms with van der Waals surface area (Å²) in [5, 5.41) is 3.19.